The monoisotopic (exact) mass is 249 g/mol. The van der Waals surface area contributed by atoms with Gasteiger partial charge in [-0.25, -0.2) is 4.98 Å². The van der Waals surface area contributed by atoms with E-state index < -0.39 is 0 Å². The molecular formula is C11H15N5O2. The third-order valence-electron chi connectivity index (χ3n) is 3.40. The highest BCUT2D eigenvalue weighted by atomic mass is 16.5. The molecule has 18 heavy (non-hydrogen) atoms. The summed E-state index contributed by atoms with van der Waals surface area (Å²) in [5.74, 6) is 1.68. The molecule has 0 bridgehead atoms. The maximum absolute atomic E-state index is 9.90. The van der Waals surface area contributed by atoms with Crippen LogP contribution in [0.5, 0.6) is 0 Å². The number of aliphatic hydroxyl groups is 1. The van der Waals surface area contributed by atoms with Gasteiger partial charge in [-0.2, -0.15) is 10.1 Å². The van der Waals surface area contributed by atoms with E-state index in [2.05, 4.69) is 25.3 Å². The molecule has 0 aromatic carbocycles. The van der Waals surface area contributed by atoms with E-state index in [1.807, 2.05) is 0 Å². The first-order chi connectivity index (χ1) is 8.83. The predicted octanol–water partition coefficient (Wildman–Crippen LogP) is 0.948. The summed E-state index contributed by atoms with van der Waals surface area (Å²) in [7, 11) is 0. The SMILES string of the molecule is OC1CCCCC1Cc1nc(-c2ncn[nH]2)no1. The molecule has 0 aliphatic heterocycles. The van der Waals surface area contributed by atoms with Crippen LogP contribution >= 0.6 is 0 Å². The van der Waals surface area contributed by atoms with Crippen LogP contribution < -0.4 is 0 Å². The number of nitrogens with one attached hydrogen (secondary N) is 1. The van der Waals surface area contributed by atoms with E-state index in [0.717, 1.165) is 25.7 Å². The zero-order chi connectivity index (χ0) is 12.4. The van der Waals surface area contributed by atoms with Gasteiger partial charge in [0, 0.05) is 6.42 Å². The molecule has 3 rings (SSSR count). The van der Waals surface area contributed by atoms with Gasteiger partial charge in [-0.05, 0) is 18.8 Å². The van der Waals surface area contributed by atoms with Gasteiger partial charge in [-0.15, -0.1) is 0 Å². The fourth-order valence-electron chi connectivity index (χ4n) is 2.40. The largest absolute Gasteiger partial charge is 0.393 e. The average molecular weight is 249 g/mol. The first-order valence-corrected chi connectivity index (χ1v) is 6.19. The summed E-state index contributed by atoms with van der Waals surface area (Å²) in [4.78, 5) is 8.22. The van der Waals surface area contributed by atoms with E-state index in [0.29, 0.717) is 24.0 Å². The Bertz CT molecular complexity index is 495. The fourth-order valence-corrected chi connectivity index (χ4v) is 2.40. The van der Waals surface area contributed by atoms with Crippen LogP contribution in [0.4, 0.5) is 0 Å². The normalized spacial score (nSPS) is 24.3. The Kier molecular flexibility index (Phi) is 3.06. The molecule has 2 unspecified atom stereocenters. The fraction of sp³-hybridized carbons (Fsp3) is 0.636. The lowest BCUT2D eigenvalue weighted by Gasteiger charge is -2.26. The van der Waals surface area contributed by atoms with Gasteiger partial charge in [0.2, 0.25) is 11.7 Å². The summed E-state index contributed by atoms with van der Waals surface area (Å²) in [6, 6.07) is 0. The minimum absolute atomic E-state index is 0.224. The van der Waals surface area contributed by atoms with Gasteiger partial charge in [0.1, 0.15) is 6.33 Å². The first kappa shape index (κ1) is 11.3. The number of H-pyrrole nitrogens is 1. The summed E-state index contributed by atoms with van der Waals surface area (Å²) in [5.41, 5.74) is 0. The van der Waals surface area contributed by atoms with E-state index in [1.165, 1.54) is 6.33 Å². The molecule has 0 saturated heterocycles. The van der Waals surface area contributed by atoms with Crippen LogP contribution in [-0.2, 0) is 6.42 Å². The van der Waals surface area contributed by atoms with Crippen molar-refractivity contribution in [3.63, 3.8) is 0 Å². The highest BCUT2D eigenvalue weighted by Crippen LogP contribution is 2.27. The van der Waals surface area contributed by atoms with Crippen molar-refractivity contribution in [3.8, 4) is 11.6 Å². The molecule has 2 N–H and O–H groups in total. The molecule has 0 amide bonds. The molecule has 0 spiro atoms. The van der Waals surface area contributed by atoms with Crippen LogP contribution in [0.3, 0.4) is 0 Å². The second kappa shape index (κ2) is 4.85. The van der Waals surface area contributed by atoms with Crippen LogP contribution in [0.1, 0.15) is 31.6 Å². The summed E-state index contributed by atoms with van der Waals surface area (Å²) >= 11 is 0. The molecule has 2 aromatic rings. The van der Waals surface area contributed by atoms with E-state index in [9.17, 15) is 5.11 Å². The van der Waals surface area contributed by atoms with Crippen molar-refractivity contribution in [2.24, 2.45) is 5.92 Å². The predicted molar refractivity (Wildman–Crippen MR) is 61.3 cm³/mol. The van der Waals surface area contributed by atoms with Gasteiger partial charge in [0.25, 0.3) is 0 Å². The minimum atomic E-state index is -0.251. The molecule has 0 radical (unpaired) electrons. The van der Waals surface area contributed by atoms with Crippen LogP contribution in [0.15, 0.2) is 10.9 Å². The number of aromatic amines is 1. The minimum Gasteiger partial charge on any atom is -0.393 e. The lowest BCUT2D eigenvalue weighted by atomic mass is 9.84. The third kappa shape index (κ3) is 2.26. The zero-order valence-electron chi connectivity index (χ0n) is 9.91. The zero-order valence-corrected chi connectivity index (χ0v) is 9.91. The Morgan fingerprint density at radius 1 is 1.39 bits per heavy atom. The smallest absolute Gasteiger partial charge is 0.239 e. The highest BCUT2D eigenvalue weighted by Gasteiger charge is 2.25. The second-order valence-electron chi connectivity index (χ2n) is 4.66. The van der Waals surface area contributed by atoms with Crippen molar-refractivity contribution >= 4 is 0 Å². The third-order valence-corrected chi connectivity index (χ3v) is 3.40. The van der Waals surface area contributed by atoms with E-state index in [4.69, 9.17) is 4.52 Å². The van der Waals surface area contributed by atoms with Crippen LogP contribution in [-0.4, -0.2) is 36.5 Å². The van der Waals surface area contributed by atoms with E-state index >= 15 is 0 Å². The molecule has 1 aliphatic rings. The molecular weight excluding hydrogens is 234 g/mol. The molecule has 1 saturated carbocycles. The Morgan fingerprint density at radius 3 is 3.06 bits per heavy atom. The van der Waals surface area contributed by atoms with Crippen LogP contribution in [0.2, 0.25) is 0 Å². The highest BCUT2D eigenvalue weighted by molar-refractivity contribution is 5.39. The van der Waals surface area contributed by atoms with Gasteiger partial charge < -0.3 is 9.63 Å². The maximum atomic E-state index is 9.90. The van der Waals surface area contributed by atoms with Gasteiger partial charge in [0.15, 0.2) is 5.82 Å². The maximum Gasteiger partial charge on any atom is 0.239 e. The number of aromatic nitrogens is 5. The van der Waals surface area contributed by atoms with Crippen molar-refractivity contribution in [1.29, 1.82) is 0 Å². The van der Waals surface area contributed by atoms with Crippen LogP contribution in [0.25, 0.3) is 11.6 Å². The molecule has 2 aromatic heterocycles. The van der Waals surface area contributed by atoms with Crippen LogP contribution in [0, 0.1) is 5.92 Å². The molecule has 96 valence electrons. The van der Waals surface area contributed by atoms with Gasteiger partial charge in [0.05, 0.1) is 6.10 Å². The molecule has 1 aliphatic carbocycles. The summed E-state index contributed by atoms with van der Waals surface area (Å²) in [6.07, 6.45) is 5.92. The molecule has 2 heterocycles. The van der Waals surface area contributed by atoms with Gasteiger partial charge >= 0.3 is 0 Å². The molecule has 2 atom stereocenters. The lowest BCUT2D eigenvalue weighted by Crippen LogP contribution is -2.26. The molecule has 7 nitrogen and oxygen atoms in total. The Labute approximate surface area is 104 Å². The summed E-state index contributed by atoms with van der Waals surface area (Å²) < 4.78 is 5.18. The Morgan fingerprint density at radius 2 is 2.28 bits per heavy atom. The van der Waals surface area contributed by atoms with E-state index in [1.54, 1.807) is 0 Å². The van der Waals surface area contributed by atoms with Gasteiger partial charge in [-0.3, -0.25) is 5.10 Å². The summed E-state index contributed by atoms with van der Waals surface area (Å²) in [5, 5.41) is 20.2. The quantitative estimate of drug-likeness (QED) is 0.839. The molecule has 1 fully saturated rings. The average Bonchev–Trinajstić information content (AvgIpc) is 3.02. The lowest BCUT2D eigenvalue weighted by molar-refractivity contribution is 0.0657. The van der Waals surface area contributed by atoms with Crippen molar-refractivity contribution in [3.05, 3.63) is 12.2 Å². The molecule has 7 heteroatoms. The van der Waals surface area contributed by atoms with Gasteiger partial charge in [-0.1, -0.05) is 18.0 Å². The summed E-state index contributed by atoms with van der Waals surface area (Å²) in [6.45, 7) is 0. The Hall–Kier alpha value is -1.76. The standard InChI is InChI=1S/C11H15N5O2/c17-8-4-2-1-3-7(8)5-9-14-11(16-18-9)10-12-6-13-15-10/h6-8,17H,1-5H2,(H,12,13,15). The van der Waals surface area contributed by atoms with Crippen molar-refractivity contribution in [2.45, 2.75) is 38.2 Å². The second-order valence-corrected chi connectivity index (χ2v) is 4.66. The number of nitrogens with zero attached hydrogens (tertiary/aromatic N) is 4. The number of hydrogen-bond donors (Lipinski definition) is 2. The number of hydrogen-bond acceptors (Lipinski definition) is 6. The number of rotatable bonds is 3. The van der Waals surface area contributed by atoms with E-state index in [-0.39, 0.29) is 12.0 Å². The van der Waals surface area contributed by atoms with Crippen molar-refractivity contribution in [2.75, 3.05) is 0 Å². The van der Waals surface area contributed by atoms with Crippen molar-refractivity contribution < 1.29 is 9.63 Å². The van der Waals surface area contributed by atoms with Crippen molar-refractivity contribution in [1.82, 2.24) is 25.3 Å². The topological polar surface area (TPSA) is 101 Å². The first-order valence-electron chi connectivity index (χ1n) is 6.19. The Balaban J connectivity index is 1.70. The number of aliphatic hydroxyl groups excluding tert-OH is 1.